The van der Waals surface area contributed by atoms with Gasteiger partial charge in [-0.1, -0.05) is 48.6 Å². The number of rotatable bonds is 22. The van der Waals surface area contributed by atoms with Crippen LogP contribution >= 0.6 is 0 Å². The zero-order valence-electron chi connectivity index (χ0n) is 27.3. The average molecular weight is 663 g/mol. The molecule has 0 aromatic heterocycles. The van der Waals surface area contributed by atoms with Gasteiger partial charge >= 0.3 is 0 Å². The maximum absolute atomic E-state index is 13.4. The molecule has 0 aliphatic carbocycles. The van der Waals surface area contributed by atoms with Gasteiger partial charge in [0.05, 0.1) is 13.2 Å². The van der Waals surface area contributed by atoms with E-state index in [1.54, 1.807) is 0 Å². The largest absolute Gasteiger partial charge is 0.394 e. The summed E-state index contributed by atoms with van der Waals surface area (Å²) in [6, 6.07) is 0. The van der Waals surface area contributed by atoms with Gasteiger partial charge in [0, 0.05) is 25.7 Å². The Balaban J connectivity index is 3.37. The molecule has 47 heavy (non-hydrogen) atoms. The van der Waals surface area contributed by atoms with Crippen molar-refractivity contribution in [3.63, 3.8) is 0 Å². The quantitative estimate of drug-likeness (QED) is 0.0847. The summed E-state index contributed by atoms with van der Waals surface area (Å²) in [7, 11) is 0. The lowest BCUT2D eigenvalue weighted by molar-refractivity contribution is -0.519. The van der Waals surface area contributed by atoms with Crippen molar-refractivity contribution < 1.29 is 54.7 Å². The number of hydrogen-bond acceptors (Lipinski definition) is 11. The van der Waals surface area contributed by atoms with Crippen LogP contribution in [-0.4, -0.2) is 113 Å². The van der Waals surface area contributed by atoms with Crippen molar-refractivity contribution in [3.05, 3.63) is 101 Å². The fraction of sp³-hybridized carbons (Fsp3) is 0.556. The summed E-state index contributed by atoms with van der Waals surface area (Å²) in [5.74, 6) is -5.15. The molecule has 11 nitrogen and oxygen atoms in total. The SMILES string of the molecule is C=CCO[C@@]1(CC=C)[C@@](O)(CC=C)[C@](O)(CC=C)[C@](CC=C)(OC2(CO)O[C@H](CO)[C@@H](O)[C@@H]2O)O[C@]1(CC=C)C(O)(CC=C)CC=C. The third-order valence-corrected chi connectivity index (χ3v) is 9.54. The van der Waals surface area contributed by atoms with Gasteiger partial charge in [-0.15, -0.1) is 52.6 Å². The minimum atomic E-state index is -2.66. The molecule has 2 fully saturated rings. The minimum absolute atomic E-state index is 0.174. The third kappa shape index (κ3) is 6.02. The zero-order chi connectivity index (χ0) is 35.8. The van der Waals surface area contributed by atoms with Crippen LogP contribution in [0.1, 0.15) is 44.9 Å². The summed E-state index contributed by atoms with van der Waals surface area (Å²) in [6.45, 7) is 28.7. The van der Waals surface area contributed by atoms with Crippen LogP contribution in [0.3, 0.4) is 0 Å². The minimum Gasteiger partial charge on any atom is -0.394 e. The molecule has 2 heterocycles. The topological polar surface area (TPSA) is 179 Å². The van der Waals surface area contributed by atoms with Gasteiger partial charge in [-0.3, -0.25) is 0 Å². The molecule has 264 valence electrons. The first-order valence-electron chi connectivity index (χ1n) is 15.5. The van der Waals surface area contributed by atoms with Crippen molar-refractivity contribution >= 4 is 0 Å². The maximum Gasteiger partial charge on any atom is 0.224 e. The Morgan fingerprint density at radius 2 is 1.23 bits per heavy atom. The highest BCUT2D eigenvalue weighted by molar-refractivity contribution is 5.36. The van der Waals surface area contributed by atoms with E-state index < -0.39 is 90.4 Å². The van der Waals surface area contributed by atoms with Gasteiger partial charge in [0.1, 0.15) is 47.3 Å². The van der Waals surface area contributed by atoms with Crippen LogP contribution in [0, 0.1) is 0 Å². The second-order valence-corrected chi connectivity index (χ2v) is 12.2. The zero-order valence-corrected chi connectivity index (χ0v) is 27.3. The fourth-order valence-electron chi connectivity index (χ4n) is 7.58. The standard InChI is InChI=1S/C36H54O11/c1-9-17-30(41,18-10-2)34(21-13-5)35(22-14-6,44-24-16-8)32(42,19-11-3)33(43,20-12-4)36(47-34,23-15-7)46-31(26-38)29(40)28(39)27(25-37)45-31/h9-16,27-29,37-43H,1-8,17-26H2/t27-,28-,29+,31?,32-,33-,34-,35+,36-/m1/s1. The number of aliphatic hydroxyl groups excluding tert-OH is 4. The van der Waals surface area contributed by atoms with E-state index in [9.17, 15) is 35.7 Å². The van der Waals surface area contributed by atoms with E-state index in [4.69, 9.17) is 18.9 Å². The highest BCUT2D eigenvalue weighted by Gasteiger charge is 2.85. The van der Waals surface area contributed by atoms with Gasteiger partial charge in [0.15, 0.2) is 5.60 Å². The van der Waals surface area contributed by atoms with Gasteiger partial charge in [0.25, 0.3) is 0 Å². The molecule has 0 amide bonds. The van der Waals surface area contributed by atoms with Crippen LogP contribution in [-0.2, 0) is 18.9 Å². The van der Waals surface area contributed by atoms with E-state index in [0.717, 1.165) is 0 Å². The van der Waals surface area contributed by atoms with E-state index in [0.29, 0.717) is 0 Å². The first kappa shape index (κ1) is 40.7. The lowest BCUT2D eigenvalue weighted by atomic mass is 9.49. The van der Waals surface area contributed by atoms with Crippen molar-refractivity contribution in [2.24, 2.45) is 0 Å². The Kier molecular flexibility index (Phi) is 13.7. The van der Waals surface area contributed by atoms with E-state index in [1.807, 2.05) is 0 Å². The Hall–Kier alpha value is -2.52. The summed E-state index contributed by atoms with van der Waals surface area (Å²) < 4.78 is 25.9. The molecule has 0 radical (unpaired) electrons. The first-order valence-corrected chi connectivity index (χ1v) is 15.5. The van der Waals surface area contributed by atoms with E-state index in [2.05, 4.69) is 52.6 Å². The van der Waals surface area contributed by atoms with Crippen LogP contribution in [0.4, 0.5) is 0 Å². The first-order chi connectivity index (χ1) is 22.2. The van der Waals surface area contributed by atoms with Crippen LogP contribution in [0.2, 0.25) is 0 Å². The smallest absolute Gasteiger partial charge is 0.224 e. The molecular formula is C36H54O11. The van der Waals surface area contributed by atoms with Crippen LogP contribution in [0.5, 0.6) is 0 Å². The van der Waals surface area contributed by atoms with Crippen LogP contribution in [0.15, 0.2) is 101 Å². The molecule has 2 saturated heterocycles. The average Bonchev–Trinajstić information content (AvgIpc) is 3.27. The second kappa shape index (κ2) is 15.8. The van der Waals surface area contributed by atoms with Crippen LogP contribution < -0.4 is 0 Å². The van der Waals surface area contributed by atoms with Crippen molar-refractivity contribution in [2.45, 2.75) is 103 Å². The summed E-state index contributed by atoms with van der Waals surface area (Å²) in [6.07, 6.45) is 3.75. The molecule has 0 aromatic rings. The van der Waals surface area contributed by atoms with E-state index in [1.165, 1.54) is 48.6 Å². The Morgan fingerprint density at radius 1 is 0.702 bits per heavy atom. The normalized spacial score (nSPS) is 38.7. The van der Waals surface area contributed by atoms with Crippen molar-refractivity contribution in [1.82, 2.24) is 0 Å². The molecule has 0 bridgehead atoms. The monoisotopic (exact) mass is 662 g/mol. The summed E-state index contributed by atoms with van der Waals surface area (Å²) in [4.78, 5) is 0. The molecule has 0 aromatic carbocycles. The fourth-order valence-corrected chi connectivity index (χ4v) is 7.58. The number of hydrogen-bond donors (Lipinski definition) is 7. The Bertz CT molecular complexity index is 1160. The van der Waals surface area contributed by atoms with Crippen molar-refractivity contribution in [2.75, 3.05) is 19.8 Å². The molecule has 1 unspecified atom stereocenters. The van der Waals surface area contributed by atoms with Gasteiger partial charge in [0.2, 0.25) is 11.6 Å². The van der Waals surface area contributed by atoms with E-state index >= 15 is 0 Å². The molecular weight excluding hydrogens is 608 g/mol. The van der Waals surface area contributed by atoms with Crippen LogP contribution in [0.25, 0.3) is 0 Å². The molecule has 9 atom stereocenters. The van der Waals surface area contributed by atoms with E-state index in [-0.39, 0.29) is 32.3 Å². The number of aliphatic hydroxyl groups is 7. The molecule has 2 aliphatic rings. The molecule has 0 saturated carbocycles. The predicted octanol–water partition coefficient (Wildman–Crippen LogP) is 2.44. The third-order valence-electron chi connectivity index (χ3n) is 9.54. The lowest BCUT2D eigenvalue weighted by Gasteiger charge is -2.73. The molecule has 11 heteroatoms. The lowest BCUT2D eigenvalue weighted by Crippen LogP contribution is -2.91. The molecule has 0 spiro atoms. The van der Waals surface area contributed by atoms with Gasteiger partial charge < -0.3 is 54.7 Å². The Morgan fingerprint density at radius 3 is 1.66 bits per heavy atom. The van der Waals surface area contributed by atoms with Crippen molar-refractivity contribution in [3.8, 4) is 0 Å². The highest BCUT2D eigenvalue weighted by atomic mass is 16.8. The Labute approximate surface area is 278 Å². The number of ether oxygens (including phenoxy) is 4. The molecule has 7 N–H and O–H groups in total. The summed E-state index contributed by atoms with van der Waals surface area (Å²) in [5.41, 5.74) is -11.5. The van der Waals surface area contributed by atoms with Gasteiger partial charge in [-0.05, 0) is 19.3 Å². The molecule has 2 rings (SSSR count). The molecule has 2 aliphatic heterocycles. The predicted molar refractivity (Wildman–Crippen MR) is 179 cm³/mol. The highest BCUT2D eigenvalue weighted by Crippen LogP contribution is 2.66. The second-order valence-electron chi connectivity index (χ2n) is 12.2. The maximum atomic E-state index is 13.4. The van der Waals surface area contributed by atoms with Gasteiger partial charge in [-0.25, -0.2) is 0 Å². The summed E-state index contributed by atoms with van der Waals surface area (Å²) in [5, 5.41) is 82.1. The summed E-state index contributed by atoms with van der Waals surface area (Å²) >= 11 is 0. The van der Waals surface area contributed by atoms with Crippen molar-refractivity contribution in [1.29, 1.82) is 0 Å². The van der Waals surface area contributed by atoms with Gasteiger partial charge in [-0.2, -0.15) is 0 Å².